The largest absolute Gasteiger partial charge is 0.481 e. The van der Waals surface area contributed by atoms with Crippen LogP contribution >= 0.6 is 0 Å². The highest BCUT2D eigenvalue weighted by Crippen LogP contribution is 2.32. The molecule has 1 fully saturated rings. The Bertz CT molecular complexity index is 943. The summed E-state index contributed by atoms with van der Waals surface area (Å²) in [5, 5.41) is 12.3. The SMILES string of the molecule is C=Cc1ccc(N2C(=O)CC(C(=O)NC(c3cccnc3)C(C)C(=O)O)C2C)cc1. The van der Waals surface area contributed by atoms with E-state index >= 15 is 0 Å². The van der Waals surface area contributed by atoms with Crippen molar-refractivity contribution in [2.24, 2.45) is 11.8 Å². The van der Waals surface area contributed by atoms with Crippen molar-refractivity contribution in [3.63, 3.8) is 0 Å². The van der Waals surface area contributed by atoms with Crippen molar-refractivity contribution in [2.45, 2.75) is 32.4 Å². The molecule has 2 amide bonds. The van der Waals surface area contributed by atoms with Crippen molar-refractivity contribution in [3.05, 3.63) is 66.5 Å². The van der Waals surface area contributed by atoms with Crippen molar-refractivity contribution >= 4 is 29.5 Å². The number of rotatable bonds is 7. The molecule has 1 aromatic heterocycles. The van der Waals surface area contributed by atoms with Crippen molar-refractivity contribution in [2.75, 3.05) is 4.90 Å². The number of benzene rings is 1. The molecule has 1 aliphatic rings. The van der Waals surface area contributed by atoms with E-state index in [0.717, 1.165) is 11.3 Å². The van der Waals surface area contributed by atoms with Crippen molar-refractivity contribution in [1.29, 1.82) is 0 Å². The van der Waals surface area contributed by atoms with Crippen molar-refractivity contribution in [1.82, 2.24) is 10.3 Å². The van der Waals surface area contributed by atoms with Gasteiger partial charge in [0.2, 0.25) is 11.8 Å². The van der Waals surface area contributed by atoms with Crippen molar-refractivity contribution in [3.8, 4) is 0 Å². The van der Waals surface area contributed by atoms with Crippen LogP contribution in [0, 0.1) is 11.8 Å². The van der Waals surface area contributed by atoms with Crippen LogP contribution in [0.1, 0.15) is 37.4 Å². The number of nitrogens with zero attached hydrogens (tertiary/aromatic N) is 2. The maximum absolute atomic E-state index is 13.1. The van der Waals surface area contributed by atoms with E-state index in [1.165, 1.54) is 6.92 Å². The van der Waals surface area contributed by atoms with Gasteiger partial charge in [0.15, 0.2) is 0 Å². The minimum Gasteiger partial charge on any atom is -0.481 e. The van der Waals surface area contributed by atoms with E-state index in [2.05, 4.69) is 16.9 Å². The first-order valence-electron chi connectivity index (χ1n) is 9.81. The van der Waals surface area contributed by atoms with E-state index in [1.807, 2.05) is 31.2 Å². The van der Waals surface area contributed by atoms with Gasteiger partial charge in [-0.1, -0.05) is 30.9 Å². The molecule has 1 aromatic carbocycles. The summed E-state index contributed by atoms with van der Waals surface area (Å²) in [5.74, 6) is -2.95. The Morgan fingerprint density at radius 1 is 1.30 bits per heavy atom. The van der Waals surface area contributed by atoms with Gasteiger partial charge in [-0.05, 0) is 43.2 Å². The van der Waals surface area contributed by atoms with Crippen LogP contribution in [0.2, 0.25) is 0 Å². The number of amides is 2. The number of hydrogen-bond acceptors (Lipinski definition) is 4. The number of nitrogens with one attached hydrogen (secondary N) is 1. The van der Waals surface area contributed by atoms with E-state index < -0.39 is 23.8 Å². The monoisotopic (exact) mass is 407 g/mol. The average molecular weight is 407 g/mol. The van der Waals surface area contributed by atoms with Crippen LogP contribution in [0.15, 0.2) is 55.4 Å². The standard InChI is InChI=1S/C23H25N3O4/c1-4-16-7-9-18(10-8-16)26-15(3)19(12-20(26)27)22(28)25-21(14(2)23(29)30)17-6-5-11-24-13-17/h4-11,13-15,19,21H,1,12H2,2-3H3,(H,25,28)(H,29,30). The molecular weight excluding hydrogens is 382 g/mol. The summed E-state index contributed by atoms with van der Waals surface area (Å²) in [4.78, 5) is 43.0. The lowest BCUT2D eigenvalue weighted by Crippen LogP contribution is -2.43. The molecule has 2 aromatic rings. The molecule has 7 heteroatoms. The van der Waals surface area contributed by atoms with E-state index in [1.54, 1.807) is 35.5 Å². The molecule has 156 valence electrons. The molecule has 0 bridgehead atoms. The highest BCUT2D eigenvalue weighted by Gasteiger charge is 2.42. The predicted molar refractivity (Wildman–Crippen MR) is 114 cm³/mol. The minimum atomic E-state index is -1.02. The van der Waals surface area contributed by atoms with Crippen LogP contribution in [0.5, 0.6) is 0 Å². The second kappa shape index (κ2) is 8.90. The molecular formula is C23H25N3O4. The molecule has 30 heavy (non-hydrogen) atoms. The highest BCUT2D eigenvalue weighted by molar-refractivity contribution is 6.01. The zero-order valence-electron chi connectivity index (χ0n) is 17.0. The molecule has 0 saturated carbocycles. The normalized spacial score (nSPS) is 20.5. The number of carbonyl (C=O) groups excluding carboxylic acids is 2. The van der Waals surface area contributed by atoms with Crippen molar-refractivity contribution < 1.29 is 19.5 Å². The average Bonchev–Trinajstić information content (AvgIpc) is 3.06. The highest BCUT2D eigenvalue weighted by atomic mass is 16.4. The summed E-state index contributed by atoms with van der Waals surface area (Å²) in [5.41, 5.74) is 2.26. The second-order valence-corrected chi connectivity index (χ2v) is 7.51. The van der Waals surface area contributed by atoms with Crippen LogP contribution in [-0.4, -0.2) is 33.9 Å². The van der Waals surface area contributed by atoms with Gasteiger partial charge in [-0.15, -0.1) is 0 Å². The minimum absolute atomic E-state index is 0.0669. The zero-order valence-corrected chi connectivity index (χ0v) is 17.0. The van der Waals surface area contributed by atoms with Crippen LogP contribution in [-0.2, 0) is 14.4 Å². The van der Waals surface area contributed by atoms with Crippen LogP contribution in [0.4, 0.5) is 5.69 Å². The molecule has 4 unspecified atom stereocenters. The Kier molecular flexibility index (Phi) is 6.30. The van der Waals surface area contributed by atoms with Crippen LogP contribution < -0.4 is 10.2 Å². The topological polar surface area (TPSA) is 99.6 Å². The lowest BCUT2D eigenvalue weighted by Gasteiger charge is -2.27. The smallest absolute Gasteiger partial charge is 0.308 e. The molecule has 4 atom stereocenters. The summed E-state index contributed by atoms with van der Waals surface area (Å²) < 4.78 is 0. The fourth-order valence-corrected chi connectivity index (χ4v) is 3.79. The van der Waals surface area contributed by atoms with E-state index in [9.17, 15) is 19.5 Å². The Morgan fingerprint density at radius 3 is 2.57 bits per heavy atom. The molecule has 0 aliphatic carbocycles. The fraction of sp³-hybridized carbons (Fsp3) is 0.304. The predicted octanol–water partition coefficient (Wildman–Crippen LogP) is 3.04. The van der Waals surface area contributed by atoms with E-state index in [4.69, 9.17) is 0 Å². The maximum atomic E-state index is 13.1. The molecule has 1 aliphatic heterocycles. The lowest BCUT2D eigenvalue weighted by molar-refractivity contribution is -0.142. The summed E-state index contributed by atoms with van der Waals surface area (Å²) >= 11 is 0. The number of carboxylic acids is 1. The number of carboxylic acid groups (broad SMARTS) is 1. The molecule has 7 nitrogen and oxygen atoms in total. The van der Waals surface area contributed by atoms with Gasteiger partial charge in [0, 0.05) is 30.5 Å². The Labute approximate surface area is 175 Å². The molecule has 3 rings (SSSR count). The van der Waals surface area contributed by atoms with Crippen LogP contribution in [0.25, 0.3) is 6.08 Å². The number of hydrogen-bond donors (Lipinski definition) is 2. The quantitative estimate of drug-likeness (QED) is 0.735. The van der Waals surface area contributed by atoms with E-state index in [-0.39, 0.29) is 24.3 Å². The number of anilines is 1. The number of pyridine rings is 1. The summed E-state index contributed by atoms with van der Waals surface area (Å²) in [6, 6.07) is 9.71. The molecule has 0 spiro atoms. The second-order valence-electron chi connectivity index (χ2n) is 7.51. The van der Waals surface area contributed by atoms with Gasteiger partial charge in [-0.2, -0.15) is 0 Å². The third kappa shape index (κ3) is 4.25. The maximum Gasteiger partial charge on any atom is 0.308 e. The first-order valence-corrected chi connectivity index (χ1v) is 9.81. The Hall–Kier alpha value is -3.48. The number of aromatic nitrogens is 1. The third-order valence-corrected chi connectivity index (χ3v) is 5.63. The lowest BCUT2D eigenvalue weighted by atomic mass is 9.93. The van der Waals surface area contributed by atoms with Gasteiger partial charge < -0.3 is 15.3 Å². The summed E-state index contributed by atoms with van der Waals surface area (Å²) in [7, 11) is 0. The first-order chi connectivity index (χ1) is 14.3. The Morgan fingerprint density at radius 2 is 2.00 bits per heavy atom. The van der Waals surface area contributed by atoms with Gasteiger partial charge in [-0.3, -0.25) is 19.4 Å². The van der Waals surface area contributed by atoms with Crippen LogP contribution in [0.3, 0.4) is 0 Å². The fourth-order valence-electron chi connectivity index (χ4n) is 3.79. The Balaban J connectivity index is 1.80. The van der Waals surface area contributed by atoms with Gasteiger partial charge in [0.1, 0.15) is 0 Å². The number of aliphatic carboxylic acids is 1. The molecule has 1 saturated heterocycles. The molecule has 2 heterocycles. The van der Waals surface area contributed by atoms with E-state index in [0.29, 0.717) is 5.56 Å². The summed E-state index contributed by atoms with van der Waals surface area (Å²) in [6.45, 7) is 7.09. The summed E-state index contributed by atoms with van der Waals surface area (Å²) in [6.07, 6.45) is 4.91. The molecule has 2 N–H and O–H groups in total. The zero-order chi connectivity index (χ0) is 21.8. The first kappa shape index (κ1) is 21.2. The third-order valence-electron chi connectivity index (χ3n) is 5.63. The molecule has 0 radical (unpaired) electrons. The van der Waals surface area contributed by atoms with Gasteiger partial charge in [0.25, 0.3) is 0 Å². The van der Waals surface area contributed by atoms with Gasteiger partial charge in [0.05, 0.1) is 17.9 Å². The number of carbonyl (C=O) groups is 3. The van der Waals surface area contributed by atoms with Gasteiger partial charge >= 0.3 is 5.97 Å². The van der Waals surface area contributed by atoms with Gasteiger partial charge in [-0.25, -0.2) is 0 Å².